The Kier molecular flexibility index (Phi) is 4.85. The van der Waals surface area contributed by atoms with Crippen LogP contribution in [0.5, 0.6) is 0 Å². The quantitative estimate of drug-likeness (QED) is 0.297. The third kappa shape index (κ3) is 3.94. The minimum Gasteiger partial charge on any atom is -0.465 e. The number of nitrogens with zero attached hydrogens (tertiary/aromatic N) is 1. The number of furan rings is 1. The zero-order valence-corrected chi connectivity index (χ0v) is 9.73. The van der Waals surface area contributed by atoms with Crippen molar-refractivity contribution in [1.29, 1.82) is 0 Å². The van der Waals surface area contributed by atoms with Crippen molar-refractivity contribution < 1.29 is 9.62 Å². The van der Waals surface area contributed by atoms with E-state index in [0.29, 0.717) is 13.0 Å². The topological polar surface area (TPSA) is 83.8 Å². The number of hydrogen-bond donors (Lipinski definition) is 3. The maximum Gasteiger partial charge on any atom is 0.140 e. The standard InChI is InChI=1S/C11H19N3O2/c1-3-9(6-11(12)14-15)13-7-10-5-4-8(2)16-10/h4-5,9,13,15H,3,6-7H2,1-2H3,(H2,12,14). The van der Waals surface area contributed by atoms with Crippen molar-refractivity contribution in [3.05, 3.63) is 23.7 Å². The summed E-state index contributed by atoms with van der Waals surface area (Å²) in [5.41, 5.74) is 5.46. The van der Waals surface area contributed by atoms with E-state index in [1.807, 2.05) is 19.1 Å². The smallest absolute Gasteiger partial charge is 0.140 e. The largest absolute Gasteiger partial charge is 0.465 e. The molecule has 0 aliphatic heterocycles. The molecule has 0 aromatic carbocycles. The van der Waals surface area contributed by atoms with Crippen LogP contribution >= 0.6 is 0 Å². The molecule has 1 aromatic heterocycles. The number of hydrogen-bond acceptors (Lipinski definition) is 4. The molecule has 0 amide bonds. The lowest BCUT2D eigenvalue weighted by Crippen LogP contribution is -2.32. The minimum absolute atomic E-state index is 0.196. The second kappa shape index (κ2) is 6.17. The van der Waals surface area contributed by atoms with Gasteiger partial charge >= 0.3 is 0 Å². The predicted octanol–water partition coefficient (Wildman–Crippen LogP) is 1.59. The van der Waals surface area contributed by atoms with Gasteiger partial charge in [-0.3, -0.25) is 0 Å². The molecule has 5 nitrogen and oxygen atoms in total. The summed E-state index contributed by atoms with van der Waals surface area (Å²) < 4.78 is 5.44. The normalized spacial score (nSPS) is 14.0. The predicted molar refractivity (Wildman–Crippen MR) is 62.4 cm³/mol. The average molecular weight is 225 g/mol. The van der Waals surface area contributed by atoms with Gasteiger partial charge in [-0.25, -0.2) is 0 Å². The highest BCUT2D eigenvalue weighted by atomic mass is 16.4. The summed E-state index contributed by atoms with van der Waals surface area (Å²) in [6.45, 7) is 4.62. The van der Waals surface area contributed by atoms with Crippen LogP contribution in [0.15, 0.2) is 21.7 Å². The van der Waals surface area contributed by atoms with Gasteiger partial charge in [-0.15, -0.1) is 0 Å². The fraction of sp³-hybridized carbons (Fsp3) is 0.545. The molecule has 0 aliphatic carbocycles. The van der Waals surface area contributed by atoms with Gasteiger partial charge in [0.05, 0.1) is 6.54 Å². The van der Waals surface area contributed by atoms with Gasteiger partial charge in [-0.1, -0.05) is 12.1 Å². The Morgan fingerprint density at radius 2 is 2.38 bits per heavy atom. The van der Waals surface area contributed by atoms with E-state index in [0.717, 1.165) is 17.9 Å². The Hall–Kier alpha value is -1.49. The van der Waals surface area contributed by atoms with E-state index in [4.69, 9.17) is 15.4 Å². The van der Waals surface area contributed by atoms with Crippen molar-refractivity contribution in [1.82, 2.24) is 5.32 Å². The second-order valence-corrected chi connectivity index (χ2v) is 3.79. The van der Waals surface area contributed by atoms with Gasteiger partial charge in [0.2, 0.25) is 0 Å². The van der Waals surface area contributed by atoms with Gasteiger partial charge in [-0.2, -0.15) is 0 Å². The first-order valence-electron chi connectivity index (χ1n) is 5.40. The van der Waals surface area contributed by atoms with E-state index in [9.17, 15) is 0 Å². The highest BCUT2D eigenvalue weighted by molar-refractivity contribution is 5.80. The van der Waals surface area contributed by atoms with E-state index >= 15 is 0 Å². The minimum atomic E-state index is 0.196. The van der Waals surface area contributed by atoms with Crippen LogP contribution in [0.25, 0.3) is 0 Å². The molecule has 0 spiro atoms. The Bertz CT molecular complexity index is 347. The molecule has 90 valence electrons. The maximum atomic E-state index is 8.48. The Labute approximate surface area is 95.3 Å². The van der Waals surface area contributed by atoms with Crippen molar-refractivity contribution in [3.8, 4) is 0 Å². The fourth-order valence-electron chi connectivity index (χ4n) is 1.48. The summed E-state index contributed by atoms with van der Waals surface area (Å²) in [7, 11) is 0. The molecular weight excluding hydrogens is 206 g/mol. The SMILES string of the molecule is CCC(CC(N)=NO)NCc1ccc(C)o1. The fourth-order valence-corrected chi connectivity index (χ4v) is 1.48. The molecule has 0 saturated carbocycles. The molecule has 4 N–H and O–H groups in total. The van der Waals surface area contributed by atoms with Crippen molar-refractivity contribution in [2.24, 2.45) is 10.9 Å². The van der Waals surface area contributed by atoms with E-state index in [1.54, 1.807) is 0 Å². The molecule has 1 atom stereocenters. The van der Waals surface area contributed by atoms with Crippen LogP contribution in [0, 0.1) is 6.92 Å². The number of rotatable bonds is 6. The highest BCUT2D eigenvalue weighted by Gasteiger charge is 2.09. The highest BCUT2D eigenvalue weighted by Crippen LogP contribution is 2.07. The Morgan fingerprint density at radius 1 is 1.62 bits per heavy atom. The number of amidine groups is 1. The number of nitrogens with two attached hydrogens (primary N) is 1. The Balaban J connectivity index is 2.39. The van der Waals surface area contributed by atoms with E-state index < -0.39 is 0 Å². The van der Waals surface area contributed by atoms with E-state index in [2.05, 4.69) is 17.4 Å². The molecular formula is C11H19N3O2. The third-order valence-corrected chi connectivity index (χ3v) is 2.44. The third-order valence-electron chi connectivity index (χ3n) is 2.44. The molecule has 0 aliphatic rings. The lowest BCUT2D eigenvalue weighted by molar-refractivity contribution is 0.315. The second-order valence-electron chi connectivity index (χ2n) is 3.79. The summed E-state index contributed by atoms with van der Waals surface area (Å²) in [5, 5.41) is 14.7. The maximum absolute atomic E-state index is 8.48. The van der Waals surface area contributed by atoms with Crippen molar-refractivity contribution in [2.45, 2.75) is 39.3 Å². The number of oxime groups is 1. The molecule has 1 rings (SSSR count). The molecule has 0 fully saturated rings. The van der Waals surface area contributed by atoms with Gasteiger partial charge in [0, 0.05) is 12.5 Å². The number of aryl methyl sites for hydroxylation is 1. The summed E-state index contributed by atoms with van der Waals surface area (Å²) in [5.74, 6) is 2.05. The molecule has 1 aromatic rings. The Morgan fingerprint density at radius 3 is 2.88 bits per heavy atom. The van der Waals surface area contributed by atoms with Crippen LogP contribution in [0.1, 0.15) is 31.3 Å². The molecule has 1 unspecified atom stereocenters. The zero-order chi connectivity index (χ0) is 12.0. The lowest BCUT2D eigenvalue weighted by Gasteiger charge is -2.14. The van der Waals surface area contributed by atoms with Crippen LogP contribution in [-0.4, -0.2) is 17.1 Å². The van der Waals surface area contributed by atoms with Crippen LogP contribution in [-0.2, 0) is 6.54 Å². The summed E-state index contributed by atoms with van der Waals surface area (Å²) in [4.78, 5) is 0. The summed E-state index contributed by atoms with van der Waals surface area (Å²) >= 11 is 0. The average Bonchev–Trinajstić information content (AvgIpc) is 2.69. The molecule has 5 heteroatoms. The molecule has 0 radical (unpaired) electrons. The van der Waals surface area contributed by atoms with Crippen LogP contribution < -0.4 is 11.1 Å². The summed E-state index contributed by atoms with van der Waals surface area (Å²) in [6, 6.07) is 4.07. The van der Waals surface area contributed by atoms with Crippen LogP contribution in [0.4, 0.5) is 0 Å². The van der Waals surface area contributed by atoms with Gasteiger partial charge < -0.3 is 20.7 Å². The van der Waals surface area contributed by atoms with Gasteiger partial charge in [0.25, 0.3) is 0 Å². The number of nitrogens with one attached hydrogen (secondary N) is 1. The molecule has 1 heterocycles. The molecule has 0 bridgehead atoms. The first kappa shape index (κ1) is 12.6. The van der Waals surface area contributed by atoms with Gasteiger partial charge in [0.1, 0.15) is 17.4 Å². The molecule has 16 heavy (non-hydrogen) atoms. The van der Waals surface area contributed by atoms with E-state index in [-0.39, 0.29) is 11.9 Å². The van der Waals surface area contributed by atoms with E-state index in [1.165, 1.54) is 0 Å². The zero-order valence-electron chi connectivity index (χ0n) is 9.73. The first-order valence-corrected chi connectivity index (χ1v) is 5.40. The first-order chi connectivity index (χ1) is 7.65. The van der Waals surface area contributed by atoms with Gasteiger partial charge in [0.15, 0.2) is 0 Å². The van der Waals surface area contributed by atoms with Crippen molar-refractivity contribution in [3.63, 3.8) is 0 Å². The van der Waals surface area contributed by atoms with Gasteiger partial charge in [-0.05, 0) is 25.5 Å². The summed E-state index contributed by atoms with van der Waals surface area (Å²) in [6.07, 6.45) is 1.45. The monoisotopic (exact) mass is 225 g/mol. The lowest BCUT2D eigenvalue weighted by atomic mass is 10.1. The van der Waals surface area contributed by atoms with Crippen LogP contribution in [0.2, 0.25) is 0 Å². The van der Waals surface area contributed by atoms with Crippen LogP contribution in [0.3, 0.4) is 0 Å². The molecule has 0 saturated heterocycles. The van der Waals surface area contributed by atoms with Crippen molar-refractivity contribution >= 4 is 5.84 Å². The van der Waals surface area contributed by atoms with Crippen molar-refractivity contribution in [2.75, 3.05) is 0 Å².